The van der Waals surface area contributed by atoms with Gasteiger partial charge in [-0.3, -0.25) is 4.79 Å². The lowest BCUT2D eigenvalue weighted by Crippen LogP contribution is -2.09. The van der Waals surface area contributed by atoms with Gasteiger partial charge in [0.25, 0.3) is 0 Å². The molecule has 0 aromatic heterocycles. The second-order valence-electron chi connectivity index (χ2n) is 13.6. The van der Waals surface area contributed by atoms with E-state index in [-0.39, 0.29) is 18.1 Å². The number of hydrogen-bond acceptors (Lipinski definition) is 8. The van der Waals surface area contributed by atoms with Crippen molar-refractivity contribution in [3.05, 3.63) is 132 Å². The summed E-state index contributed by atoms with van der Waals surface area (Å²) in [4.78, 5) is 25.7. The van der Waals surface area contributed by atoms with Gasteiger partial charge < -0.3 is 18.9 Å². The summed E-state index contributed by atoms with van der Waals surface area (Å²) in [6, 6.07) is 37.2. The number of nitrogens with zero attached hydrogens (tertiary/aromatic N) is 2. The highest BCUT2D eigenvalue weighted by molar-refractivity contribution is 5.91. The number of esters is 2. The van der Waals surface area contributed by atoms with Crippen LogP contribution in [0.15, 0.2) is 132 Å². The molecule has 5 aromatic carbocycles. The molecule has 0 unspecified atom stereocenters. The highest BCUT2D eigenvalue weighted by Crippen LogP contribution is 2.31. The van der Waals surface area contributed by atoms with Gasteiger partial charge >= 0.3 is 11.9 Å². The van der Waals surface area contributed by atoms with Crippen LogP contribution in [0.1, 0.15) is 93.5 Å². The first-order chi connectivity index (χ1) is 26.9. The van der Waals surface area contributed by atoms with Crippen LogP contribution in [0.25, 0.3) is 11.1 Å². The summed E-state index contributed by atoms with van der Waals surface area (Å²) in [5, 5.41) is 8.74. The van der Waals surface area contributed by atoms with Crippen LogP contribution >= 0.6 is 0 Å². The molecular formula is C47H52N2O6. The molecule has 0 amide bonds. The Kier molecular flexibility index (Phi) is 16.5. The van der Waals surface area contributed by atoms with Gasteiger partial charge in [0.2, 0.25) is 0 Å². The summed E-state index contributed by atoms with van der Waals surface area (Å²) in [7, 11) is 0. The Bertz CT molecular complexity index is 1920. The van der Waals surface area contributed by atoms with Crippen molar-refractivity contribution in [2.24, 2.45) is 10.2 Å². The Labute approximate surface area is 325 Å². The number of benzene rings is 5. The molecule has 0 saturated carbocycles. The average molecular weight is 741 g/mol. The van der Waals surface area contributed by atoms with Gasteiger partial charge in [-0.15, -0.1) is 0 Å². The van der Waals surface area contributed by atoms with Gasteiger partial charge in [-0.05, 0) is 85.8 Å². The highest BCUT2D eigenvalue weighted by atomic mass is 16.5. The Morgan fingerprint density at radius 2 is 1.09 bits per heavy atom. The van der Waals surface area contributed by atoms with Crippen LogP contribution in [-0.4, -0.2) is 25.2 Å². The maximum atomic E-state index is 13.2. The third-order valence-corrected chi connectivity index (χ3v) is 8.98. The van der Waals surface area contributed by atoms with Gasteiger partial charge in [0.1, 0.15) is 23.0 Å². The number of unbranched alkanes of at least 4 members (excludes halogenated alkanes) is 8. The molecular weight excluding hydrogens is 689 g/mol. The standard InChI is InChI=1S/C47H52N2O6/c1-3-4-5-6-7-8-9-14-31-52-42-27-23-39(24-28-42)47(51)55-45-34-41(49-48-40-25-19-36(2)20-26-40)33-44(35-45)53-32-15-13-18-46(50)54-43-29-21-38(22-30-43)37-16-11-10-12-17-37/h10-12,16-17,19-30,33-35H,3-9,13-15,18,31-32H2,1-2H3. The van der Waals surface area contributed by atoms with Crippen LogP contribution in [0, 0.1) is 6.92 Å². The molecule has 0 radical (unpaired) electrons. The van der Waals surface area contributed by atoms with Gasteiger partial charge in [0.15, 0.2) is 0 Å². The first kappa shape index (κ1) is 40.4. The zero-order valence-corrected chi connectivity index (χ0v) is 32.1. The number of hydrogen-bond donors (Lipinski definition) is 0. The number of azo groups is 1. The molecule has 5 aromatic rings. The molecule has 0 bridgehead atoms. The smallest absolute Gasteiger partial charge is 0.343 e. The van der Waals surface area contributed by atoms with Crippen molar-refractivity contribution in [2.75, 3.05) is 13.2 Å². The normalized spacial score (nSPS) is 11.0. The van der Waals surface area contributed by atoms with Crippen molar-refractivity contribution in [1.82, 2.24) is 0 Å². The lowest BCUT2D eigenvalue weighted by molar-refractivity contribution is -0.134. The van der Waals surface area contributed by atoms with E-state index in [1.807, 2.05) is 73.7 Å². The van der Waals surface area contributed by atoms with E-state index in [2.05, 4.69) is 17.2 Å². The summed E-state index contributed by atoms with van der Waals surface area (Å²) in [5.41, 5.74) is 4.83. The molecule has 0 spiro atoms. The zero-order chi connectivity index (χ0) is 38.5. The average Bonchev–Trinajstić information content (AvgIpc) is 3.20. The topological polar surface area (TPSA) is 95.8 Å². The van der Waals surface area contributed by atoms with Crippen LogP contribution in [-0.2, 0) is 4.79 Å². The maximum Gasteiger partial charge on any atom is 0.343 e. The van der Waals surface area contributed by atoms with Gasteiger partial charge in [-0.25, -0.2) is 4.79 Å². The van der Waals surface area contributed by atoms with E-state index < -0.39 is 5.97 Å². The predicted octanol–water partition coefficient (Wildman–Crippen LogP) is 13.0. The molecule has 0 aliphatic carbocycles. The first-order valence-corrected chi connectivity index (χ1v) is 19.5. The minimum atomic E-state index is -0.513. The van der Waals surface area contributed by atoms with Crippen LogP contribution in [0.5, 0.6) is 23.0 Å². The molecule has 0 N–H and O–H groups in total. The van der Waals surface area contributed by atoms with Gasteiger partial charge in [-0.1, -0.05) is 112 Å². The molecule has 0 aliphatic rings. The number of ether oxygens (including phenoxy) is 4. The summed E-state index contributed by atoms with van der Waals surface area (Å²) in [6.45, 7) is 5.24. The lowest BCUT2D eigenvalue weighted by Gasteiger charge is -2.11. The fourth-order valence-electron chi connectivity index (χ4n) is 5.85. The predicted molar refractivity (Wildman–Crippen MR) is 218 cm³/mol. The largest absolute Gasteiger partial charge is 0.494 e. The number of carbonyl (C=O) groups excluding carboxylic acids is 2. The Hall–Kier alpha value is -5.76. The molecule has 0 fully saturated rings. The summed E-state index contributed by atoms with van der Waals surface area (Å²) < 4.78 is 23.2. The molecule has 286 valence electrons. The van der Waals surface area contributed by atoms with Gasteiger partial charge in [-0.2, -0.15) is 10.2 Å². The van der Waals surface area contributed by atoms with E-state index in [0.29, 0.717) is 54.5 Å². The number of aryl methyl sites for hydroxylation is 1. The van der Waals surface area contributed by atoms with Gasteiger partial charge in [0.05, 0.1) is 30.2 Å². The molecule has 0 heterocycles. The van der Waals surface area contributed by atoms with E-state index in [4.69, 9.17) is 18.9 Å². The van der Waals surface area contributed by atoms with Crippen molar-refractivity contribution in [3.8, 4) is 34.1 Å². The van der Waals surface area contributed by atoms with E-state index in [0.717, 1.165) is 35.3 Å². The van der Waals surface area contributed by atoms with Crippen molar-refractivity contribution in [1.29, 1.82) is 0 Å². The van der Waals surface area contributed by atoms with Crippen LogP contribution < -0.4 is 18.9 Å². The summed E-state index contributed by atoms with van der Waals surface area (Å²) in [5.74, 6) is 1.16. The van der Waals surface area contributed by atoms with Crippen LogP contribution in [0.2, 0.25) is 0 Å². The quantitative estimate of drug-likeness (QED) is 0.0303. The molecule has 55 heavy (non-hydrogen) atoms. The SMILES string of the molecule is CCCCCCCCCCOc1ccc(C(=O)Oc2cc(N=Nc3ccc(C)cc3)cc(OCCCCC(=O)Oc3ccc(-c4ccccc4)cc3)c2)cc1. The molecule has 5 rings (SSSR count). The minimum absolute atomic E-state index is 0.250. The lowest BCUT2D eigenvalue weighted by atomic mass is 10.1. The van der Waals surface area contributed by atoms with E-state index in [1.54, 1.807) is 54.6 Å². The van der Waals surface area contributed by atoms with Crippen molar-refractivity contribution < 1.29 is 28.5 Å². The van der Waals surface area contributed by atoms with Crippen molar-refractivity contribution >= 4 is 23.3 Å². The Morgan fingerprint density at radius 3 is 1.80 bits per heavy atom. The van der Waals surface area contributed by atoms with Crippen molar-refractivity contribution in [2.45, 2.75) is 84.5 Å². The highest BCUT2D eigenvalue weighted by Gasteiger charge is 2.12. The second-order valence-corrected chi connectivity index (χ2v) is 13.6. The summed E-state index contributed by atoms with van der Waals surface area (Å²) >= 11 is 0. The Balaban J connectivity index is 1.11. The van der Waals surface area contributed by atoms with Crippen LogP contribution in [0.4, 0.5) is 11.4 Å². The van der Waals surface area contributed by atoms with Gasteiger partial charge in [0, 0.05) is 24.6 Å². The van der Waals surface area contributed by atoms with Crippen molar-refractivity contribution in [3.63, 3.8) is 0 Å². The Morgan fingerprint density at radius 1 is 0.509 bits per heavy atom. The molecule has 0 aliphatic heterocycles. The van der Waals surface area contributed by atoms with E-state index in [9.17, 15) is 9.59 Å². The monoisotopic (exact) mass is 740 g/mol. The fourth-order valence-corrected chi connectivity index (χ4v) is 5.85. The molecule has 0 atom stereocenters. The zero-order valence-electron chi connectivity index (χ0n) is 32.1. The number of rotatable bonds is 22. The summed E-state index contributed by atoms with van der Waals surface area (Å²) in [6.07, 6.45) is 11.4. The second kappa shape index (κ2) is 22.5. The van der Waals surface area contributed by atoms with E-state index in [1.165, 1.54) is 38.5 Å². The third-order valence-electron chi connectivity index (χ3n) is 8.98. The fraction of sp³-hybridized carbons (Fsp3) is 0.319. The molecule has 8 heteroatoms. The molecule has 8 nitrogen and oxygen atoms in total. The van der Waals surface area contributed by atoms with E-state index >= 15 is 0 Å². The maximum absolute atomic E-state index is 13.2. The number of carbonyl (C=O) groups is 2. The minimum Gasteiger partial charge on any atom is -0.494 e. The third kappa shape index (κ3) is 14.5. The molecule has 0 saturated heterocycles. The van der Waals surface area contributed by atoms with Crippen LogP contribution in [0.3, 0.4) is 0 Å². The first-order valence-electron chi connectivity index (χ1n) is 19.5.